The van der Waals surface area contributed by atoms with E-state index in [4.69, 9.17) is 11.6 Å². The van der Waals surface area contributed by atoms with Crippen LogP contribution < -0.4 is 5.32 Å². The van der Waals surface area contributed by atoms with Crippen LogP contribution in [0.5, 0.6) is 0 Å². The van der Waals surface area contributed by atoms with Crippen LogP contribution in [0.2, 0.25) is 4.34 Å². The highest BCUT2D eigenvalue weighted by atomic mass is 35.5. The molecule has 1 N–H and O–H groups in total. The monoisotopic (exact) mass is 407 g/mol. The summed E-state index contributed by atoms with van der Waals surface area (Å²) in [7, 11) is 1.21. The molecule has 134 valence electrons. The molecule has 0 aliphatic carbocycles. The van der Waals surface area contributed by atoms with Gasteiger partial charge in [0.1, 0.15) is 12.5 Å². The molecule has 2 aromatic heterocycles. The van der Waals surface area contributed by atoms with Gasteiger partial charge in [0.05, 0.1) is 16.3 Å². The molecule has 1 aromatic carbocycles. The van der Waals surface area contributed by atoms with Gasteiger partial charge < -0.3 is 10.1 Å². The lowest BCUT2D eigenvalue weighted by atomic mass is 10.1. The molecule has 0 aliphatic rings. The van der Waals surface area contributed by atoms with Gasteiger partial charge in [-0.2, -0.15) is 0 Å². The Hall–Kier alpha value is -2.22. The van der Waals surface area contributed by atoms with Gasteiger partial charge in [-0.3, -0.25) is 14.4 Å². The lowest BCUT2D eigenvalue weighted by Gasteiger charge is -2.15. The fraction of sp³-hybridized carbons (Fsp3) is 0.167. The minimum absolute atomic E-state index is 0.376. The largest absolute Gasteiger partial charge is 0.469 e. The third-order valence-corrected chi connectivity index (χ3v) is 6.08. The second-order valence-electron chi connectivity index (χ2n) is 5.42. The number of Topliss-reactive ketones (excluding diaryl/α,β-unsaturated/α-hetero) is 1. The summed E-state index contributed by atoms with van der Waals surface area (Å²) < 4.78 is 6.02. The van der Waals surface area contributed by atoms with Gasteiger partial charge in [0.2, 0.25) is 0 Å². The molecule has 3 rings (SSSR count). The Morgan fingerprint density at radius 2 is 1.92 bits per heavy atom. The van der Waals surface area contributed by atoms with Crippen LogP contribution in [0.3, 0.4) is 0 Å². The second kappa shape index (κ2) is 7.99. The first kappa shape index (κ1) is 18.6. The molecule has 8 heteroatoms. The lowest BCUT2D eigenvalue weighted by Crippen LogP contribution is -2.34. The average Bonchev–Trinajstić information content (AvgIpc) is 3.25. The van der Waals surface area contributed by atoms with Crippen LogP contribution in [-0.4, -0.2) is 24.8 Å². The standard InChI is InChI=1S/C18H14ClNO4S2/c1-24-16(22)9-11(21)17(13-6-7-15(19)26-13)20-18(23)14-8-10-4-2-3-5-12(10)25-14/h2-8,17H,9H2,1H3,(H,20,23). The zero-order chi connectivity index (χ0) is 18.7. The van der Waals surface area contributed by atoms with Crippen LogP contribution in [0, 0.1) is 0 Å². The summed E-state index contributed by atoms with van der Waals surface area (Å²) in [5.41, 5.74) is 0. The first-order chi connectivity index (χ1) is 12.5. The van der Waals surface area contributed by atoms with Crippen molar-refractivity contribution in [2.75, 3.05) is 7.11 Å². The zero-order valence-electron chi connectivity index (χ0n) is 13.7. The summed E-state index contributed by atoms with van der Waals surface area (Å²) in [5, 5.41) is 3.68. The number of thiophene rings is 2. The highest BCUT2D eigenvalue weighted by Crippen LogP contribution is 2.30. The van der Waals surface area contributed by atoms with Gasteiger partial charge in [-0.1, -0.05) is 29.8 Å². The zero-order valence-corrected chi connectivity index (χ0v) is 16.0. The van der Waals surface area contributed by atoms with Crippen molar-refractivity contribution >= 4 is 62.0 Å². The fourth-order valence-corrected chi connectivity index (χ4v) is 4.51. The quantitative estimate of drug-likeness (QED) is 0.490. The van der Waals surface area contributed by atoms with Gasteiger partial charge in [-0.05, 0) is 29.7 Å². The van der Waals surface area contributed by atoms with Crippen LogP contribution in [0.15, 0.2) is 42.5 Å². The van der Waals surface area contributed by atoms with E-state index in [9.17, 15) is 14.4 Å². The molecule has 0 bridgehead atoms. The average molecular weight is 408 g/mol. The minimum atomic E-state index is -0.954. The number of methoxy groups -OCH3 is 1. The molecular formula is C18H14ClNO4S2. The molecule has 26 heavy (non-hydrogen) atoms. The third-order valence-electron chi connectivity index (χ3n) is 3.67. The van der Waals surface area contributed by atoms with Crippen molar-refractivity contribution < 1.29 is 19.1 Å². The van der Waals surface area contributed by atoms with Crippen LogP contribution in [-0.2, 0) is 14.3 Å². The number of carbonyl (C=O) groups is 3. The predicted molar refractivity (Wildman–Crippen MR) is 103 cm³/mol. The van der Waals surface area contributed by atoms with Crippen LogP contribution in [0.25, 0.3) is 10.1 Å². The maximum absolute atomic E-state index is 12.7. The second-order valence-corrected chi connectivity index (χ2v) is 8.25. The van der Waals surface area contributed by atoms with E-state index in [1.807, 2.05) is 24.3 Å². The number of hydrogen-bond donors (Lipinski definition) is 1. The number of rotatable bonds is 6. The van der Waals surface area contributed by atoms with Crippen molar-refractivity contribution in [3.05, 3.63) is 56.6 Å². The molecule has 0 saturated heterocycles. The van der Waals surface area contributed by atoms with E-state index in [1.54, 1.807) is 18.2 Å². The van der Waals surface area contributed by atoms with E-state index >= 15 is 0 Å². The van der Waals surface area contributed by atoms with Crippen LogP contribution in [0.4, 0.5) is 0 Å². The summed E-state index contributed by atoms with van der Waals surface area (Å²) in [6.45, 7) is 0. The summed E-state index contributed by atoms with van der Waals surface area (Å²) in [6, 6.07) is 11.8. The molecule has 5 nitrogen and oxygen atoms in total. The van der Waals surface area contributed by atoms with Gasteiger partial charge in [-0.25, -0.2) is 0 Å². The number of ketones is 1. The highest BCUT2D eigenvalue weighted by Gasteiger charge is 2.27. The Morgan fingerprint density at radius 1 is 1.15 bits per heavy atom. The van der Waals surface area contributed by atoms with Crippen molar-refractivity contribution in [3.63, 3.8) is 0 Å². The third kappa shape index (κ3) is 4.12. The molecule has 0 spiro atoms. The Labute approximate surface area is 162 Å². The van der Waals surface area contributed by atoms with E-state index in [-0.39, 0.29) is 5.91 Å². The number of hydrogen-bond acceptors (Lipinski definition) is 6. The Bertz CT molecular complexity index is 945. The van der Waals surface area contributed by atoms with Crippen LogP contribution in [0.1, 0.15) is 27.0 Å². The molecule has 0 radical (unpaired) electrons. The van der Waals surface area contributed by atoms with E-state index in [1.165, 1.54) is 29.8 Å². The van der Waals surface area contributed by atoms with Crippen molar-refractivity contribution in [2.45, 2.75) is 12.5 Å². The molecule has 0 aliphatic heterocycles. The number of benzene rings is 1. The van der Waals surface area contributed by atoms with E-state index < -0.39 is 24.2 Å². The summed E-state index contributed by atoms with van der Waals surface area (Å²) >= 11 is 8.48. The Morgan fingerprint density at radius 3 is 2.58 bits per heavy atom. The SMILES string of the molecule is COC(=O)CC(=O)C(NC(=O)c1cc2ccccc2s1)c1ccc(Cl)s1. The molecule has 2 heterocycles. The highest BCUT2D eigenvalue weighted by molar-refractivity contribution is 7.20. The van der Waals surface area contributed by atoms with Crippen molar-refractivity contribution in [2.24, 2.45) is 0 Å². The van der Waals surface area contributed by atoms with Gasteiger partial charge in [0, 0.05) is 9.58 Å². The lowest BCUT2D eigenvalue weighted by molar-refractivity contribution is -0.143. The van der Waals surface area contributed by atoms with E-state index in [2.05, 4.69) is 10.1 Å². The van der Waals surface area contributed by atoms with Gasteiger partial charge in [-0.15, -0.1) is 22.7 Å². The van der Waals surface area contributed by atoms with Gasteiger partial charge >= 0.3 is 5.97 Å². The first-order valence-corrected chi connectivity index (χ1v) is 9.63. The molecular weight excluding hydrogens is 394 g/mol. The first-order valence-electron chi connectivity index (χ1n) is 7.62. The van der Waals surface area contributed by atoms with Gasteiger partial charge in [0.25, 0.3) is 5.91 Å². The molecule has 3 aromatic rings. The molecule has 1 unspecified atom stereocenters. The van der Waals surface area contributed by atoms with E-state index in [0.717, 1.165) is 10.1 Å². The van der Waals surface area contributed by atoms with Crippen molar-refractivity contribution in [1.82, 2.24) is 5.32 Å². The van der Waals surface area contributed by atoms with Crippen molar-refractivity contribution in [3.8, 4) is 0 Å². The predicted octanol–water partition coefficient (Wildman–Crippen LogP) is 4.22. The maximum Gasteiger partial charge on any atom is 0.313 e. The number of nitrogens with one attached hydrogen (secondary N) is 1. The maximum atomic E-state index is 12.7. The summed E-state index contributed by atoms with van der Waals surface area (Å²) in [4.78, 5) is 37.7. The van der Waals surface area contributed by atoms with Gasteiger partial charge in [0.15, 0.2) is 5.78 Å². The molecule has 0 saturated carbocycles. The molecule has 1 amide bonds. The number of carbonyl (C=O) groups excluding carboxylic acids is 3. The number of fused-ring (bicyclic) bond motifs is 1. The topological polar surface area (TPSA) is 72.5 Å². The number of amides is 1. The Balaban J connectivity index is 1.85. The normalized spacial score (nSPS) is 11.9. The minimum Gasteiger partial charge on any atom is -0.469 e. The number of halogens is 1. The van der Waals surface area contributed by atoms with Crippen molar-refractivity contribution in [1.29, 1.82) is 0 Å². The Kier molecular flexibility index (Phi) is 5.70. The van der Waals surface area contributed by atoms with Crippen LogP contribution >= 0.6 is 34.3 Å². The number of ether oxygens (including phenoxy) is 1. The summed E-state index contributed by atoms with van der Waals surface area (Å²) in [5.74, 6) is -1.48. The molecule has 1 atom stereocenters. The molecule has 0 fully saturated rings. The van der Waals surface area contributed by atoms with E-state index in [0.29, 0.717) is 14.1 Å². The summed E-state index contributed by atoms with van der Waals surface area (Å²) in [6.07, 6.45) is -0.427. The fourth-order valence-electron chi connectivity index (χ4n) is 2.41. The smallest absolute Gasteiger partial charge is 0.313 e. The number of esters is 1.